The fraction of sp³-hybridized carbons (Fsp3) is 0.346. The summed E-state index contributed by atoms with van der Waals surface area (Å²) in [4.78, 5) is 30.4. The van der Waals surface area contributed by atoms with Crippen LogP contribution >= 0.6 is 0 Å². The van der Waals surface area contributed by atoms with Gasteiger partial charge in [-0.1, -0.05) is 57.2 Å². The van der Waals surface area contributed by atoms with Crippen LogP contribution < -0.4 is 20.6 Å². The summed E-state index contributed by atoms with van der Waals surface area (Å²) in [5.74, 6) is -0.254. The van der Waals surface area contributed by atoms with Gasteiger partial charge in [0.15, 0.2) is 0 Å². The van der Waals surface area contributed by atoms with Crippen molar-refractivity contribution in [2.75, 3.05) is 31.6 Å². The lowest BCUT2D eigenvalue weighted by Gasteiger charge is -2.32. The van der Waals surface area contributed by atoms with E-state index in [2.05, 4.69) is 34.7 Å². The number of carboxylic acid groups (broad SMARTS) is 1. The summed E-state index contributed by atoms with van der Waals surface area (Å²) >= 11 is 0. The number of benzene rings is 2. The van der Waals surface area contributed by atoms with Gasteiger partial charge in [0.25, 0.3) is 5.91 Å². The van der Waals surface area contributed by atoms with Crippen molar-refractivity contribution in [3.63, 3.8) is 0 Å². The third-order valence-electron chi connectivity index (χ3n) is 5.72. The zero-order chi connectivity index (χ0) is 24.0. The Balaban J connectivity index is 1.70. The summed E-state index contributed by atoms with van der Waals surface area (Å²) in [6.07, 6.45) is 2.64. The normalized spacial score (nSPS) is 14.8. The SMILES string of the molecule is CN1CCN=C(/C=C/c2ccc(C(=O)NC(CNC(=O)[O-])C(C)(C)C)cc2)c2ccccc21. The van der Waals surface area contributed by atoms with Gasteiger partial charge < -0.3 is 25.4 Å². The van der Waals surface area contributed by atoms with E-state index in [4.69, 9.17) is 4.99 Å². The molecule has 33 heavy (non-hydrogen) atoms. The molecule has 2 N–H and O–H groups in total. The number of para-hydroxylation sites is 1. The first-order valence-electron chi connectivity index (χ1n) is 11.0. The molecule has 0 aromatic heterocycles. The van der Waals surface area contributed by atoms with Gasteiger partial charge in [-0.05, 0) is 35.3 Å². The van der Waals surface area contributed by atoms with E-state index in [1.165, 1.54) is 0 Å². The number of nitrogens with zero attached hydrogens (tertiary/aromatic N) is 2. The molecule has 2 amide bonds. The van der Waals surface area contributed by atoms with Gasteiger partial charge in [0, 0.05) is 37.0 Å². The summed E-state index contributed by atoms with van der Waals surface area (Å²) in [5.41, 5.74) is 4.33. The average Bonchev–Trinajstić information content (AvgIpc) is 2.93. The molecule has 1 unspecified atom stereocenters. The largest absolute Gasteiger partial charge is 0.530 e. The number of likely N-dealkylation sites (N-methyl/N-ethyl adjacent to an activating group) is 1. The van der Waals surface area contributed by atoms with E-state index in [0.717, 1.165) is 35.6 Å². The second kappa shape index (κ2) is 10.3. The van der Waals surface area contributed by atoms with Gasteiger partial charge in [-0.25, -0.2) is 0 Å². The molecule has 7 heteroatoms. The molecule has 1 aliphatic rings. The highest BCUT2D eigenvalue weighted by Gasteiger charge is 2.26. The van der Waals surface area contributed by atoms with E-state index in [1.54, 1.807) is 12.1 Å². The van der Waals surface area contributed by atoms with Crippen LogP contribution in [0.3, 0.4) is 0 Å². The quantitative estimate of drug-likeness (QED) is 0.712. The number of nitrogens with one attached hydrogen (secondary N) is 2. The molecule has 0 fully saturated rings. The number of carbonyl (C=O) groups is 2. The first-order valence-corrected chi connectivity index (χ1v) is 11.0. The minimum Gasteiger partial charge on any atom is -0.530 e. The van der Waals surface area contributed by atoms with Gasteiger partial charge in [0.1, 0.15) is 6.09 Å². The summed E-state index contributed by atoms with van der Waals surface area (Å²) in [5, 5.41) is 15.9. The number of hydrogen-bond acceptors (Lipinski definition) is 5. The smallest absolute Gasteiger partial charge is 0.251 e. The fourth-order valence-corrected chi connectivity index (χ4v) is 3.61. The Bertz CT molecular complexity index is 1050. The predicted molar refractivity (Wildman–Crippen MR) is 131 cm³/mol. The molecular formula is C26H31N4O3-. The molecule has 0 saturated carbocycles. The number of aliphatic imine (C=N–C) groups is 1. The van der Waals surface area contributed by atoms with Crippen LogP contribution in [0.15, 0.2) is 59.6 Å². The van der Waals surface area contributed by atoms with Crippen molar-refractivity contribution < 1.29 is 14.7 Å². The summed E-state index contributed by atoms with van der Waals surface area (Å²) in [7, 11) is 2.07. The Morgan fingerprint density at radius 1 is 1.12 bits per heavy atom. The predicted octanol–water partition coefficient (Wildman–Crippen LogP) is 2.72. The van der Waals surface area contributed by atoms with E-state index in [-0.39, 0.29) is 23.9 Å². The van der Waals surface area contributed by atoms with Crippen molar-refractivity contribution in [2.45, 2.75) is 26.8 Å². The molecule has 1 atom stereocenters. The molecule has 0 aliphatic carbocycles. The van der Waals surface area contributed by atoms with Gasteiger partial charge in [0.05, 0.1) is 18.3 Å². The monoisotopic (exact) mass is 447 g/mol. The molecule has 0 saturated heterocycles. The van der Waals surface area contributed by atoms with Crippen LogP contribution in [0.4, 0.5) is 10.5 Å². The summed E-state index contributed by atoms with van der Waals surface area (Å²) in [6.45, 7) is 7.49. The Morgan fingerprint density at radius 3 is 2.48 bits per heavy atom. The van der Waals surface area contributed by atoms with Crippen molar-refractivity contribution in [2.24, 2.45) is 10.4 Å². The van der Waals surface area contributed by atoms with Gasteiger partial charge in [-0.3, -0.25) is 9.79 Å². The van der Waals surface area contributed by atoms with Crippen LogP contribution in [0.2, 0.25) is 0 Å². The third-order valence-corrected chi connectivity index (χ3v) is 5.72. The van der Waals surface area contributed by atoms with Crippen LogP contribution in [0.5, 0.6) is 0 Å². The minimum absolute atomic E-state index is 0.0805. The number of allylic oxidation sites excluding steroid dienone is 1. The maximum atomic E-state index is 12.7. The van der Waals surface area contributed by atoms with E-state index >= 15 is 0 Å². The lowest BCUT2D eigenvalue weighted by atomic mass is 9.86. The van der Waals surface area contributed by atoms with Gasteiger partial charge in [-0.15, -0.1) is 0 Å². The molecule has 2 aromatic rings. The molecule has 7 nitrogen and oxygen atoms in total. The van der Waals surface area contributed by atoms with E-state index < -0.39 is 6.09 Å². The maximum Gasteiger partial charge on any atom is 0.251 e. The molecule has 0 bridgehead atoms. The van der Waals surface area contributed by atoms with Crippen LogP contribution in [-0.4, -0.2) is 50.4 Å². The van der Waals surface area contributed by atoms with Crippen LogP contribution in [0, 0.1) is 5.41 Å². The first kappa shape index (κ1) is 24.0. The highest BCUT2D eigenvalue weighted by Crippen LogP contribution is 2.23. The van der Waals surface area contributed by atoms with Gasteiger partial charge >= 0.3 is 0 Å². The van der Waals surface area contributed by atoms with Crippen molar-refractivity contribution >= 4 is 29.5 Å². The number of carbonyl (C=O) groups excluding carboxylic acids is 2. The zero-order valence-corrected chi connectivity index (χ0v) is 19.6. The molecule has 174 valence electrons. The van der Waals surface area contributed by atoms with Crippen LogP contribution in [-0.2, 0) is 0 Å². The second-order valence-corrected chi connectivity index (χ2v) is 9.22. The summed E-state index contributed by atoms with van der Waals surface area (Å²) < 4.78 is 0. The number of rotatable bonds is 6. The number of amides is 2. The fourth-order valence-electron chi connectivity index (χ4n) is 3.61. The van der Waals surface area contributed by atoms with Crippen LogP contribution in [0.25, 0.3) is 6.08 Å². The Kier molecular flexibility index (Phi) is 7.53. The van der Waals surface area contributed by atoms with E-state index in [0.29, 0.717) is 5.56 Å². The van der Waals surface area contributed by atoms with Crippen molar-refractivity contribution in [3.05, 3.63) is 71.3 Å². The molecule has 0 spiro atoms. The second-order valence-electron chi connectivity index (χ2n) is 9.22. The van der Waals surface area contributed by atoms with Gasteiger partial charge in [0.2, 0.25) is 0 Å². The molecule has 3 rings (SSSR count). The number of anilines is 1. The van der Waals surface area contributed by atoms with Gasteiger partial charge in [-0.2, -0.15) is 0 Å². The number of benzodiazepines with no additional fused rings is 1. The maximum absolute atomic E-state index is 12.7. The lowest BCUT2D eigenvalue weighted by Crippen LogP contribution is -2.52. The van der Waals surface area contributed by atoms with Crippen molar-refractivity contribution in [1.82, 2.24) is 10.6 Å². The van der Waals surface area contributed by atoms with Crippen LogP contribution in [0.1, 0.15) is 42.3 Å². The first-order chi connectivity index (χ1) is 15.6. The topological polar surface area (TPSA) is 96.9 Å². The Labute approximate surface area is 195 Å². The highest BCUT2D eigenvalue weighted by atomic mass is 16.4. The summed E-state index contributed by atoms with van der Waals surface area (Å²) in [6, 6.07) is 15.1. The highest BCUT2D eigenvalue weighted by molar-refractivity contribution is 6.14. The third kappa shape index (κ3) is 6.44. The minimum atomic E-state index is -1.36. The molecule has 1 aliphatic heterocycles. The molecule has 0 radical (unpaired) electrons. The lowest BCUT2D eigenvalue weighted by molar-refractivity contribution is -0.250. The van der Waals surface area contributed by atoms with E-state index in [9.17, 15) is 14.7 Å². The van der Waals surface area contributed by atoms with E-state index in [1.807, 2.05) is 57.2 Å². The Hall–Kier alpha value is -3.61. The molecule has 2 aromatic carbocycles. The standard InChI is InChI=1S/C26H32N4O3/c1-26(2,3)23(17-28-25(32)33)29-24(31)19-12-9-18(10-13-19)11-14-21-20-7-5-6-8-22(20)30(4)16-15-27-21/h5-14,23,28H,15-17H2,1-4H3,(H,29,31)(H,32,33)/p-1/b14-11+. The average molecular weight is 448 g/mol. The zero-order valence-electron chi connectivity index (χ0n) is 19.6. The molecule has 1 heterocycles. The molecular weight excluding hydrogens is 416 g/mol. The Morgan fingerprint density at radius 2 is 1.82 bits per heavy atom. The number of hydrogen-bond donors (Lipinski definition) is 2. The van der Waals surface area contributed by atoms with Crippen molar-refractivity contribution in [1.29, 1.82) is 0 Å². The number of fused-ring (bicyclic) bond motifs is 1. The van der Waals surface area contributed by atoms with Crippen molar-refractivity contribution in [3.8, 4) is 0 Å².